The Morgan fingerprint density at radius 3 is 2.54 bits per heavy atom. The van der Waals surface area contributed by atoms with Crippen LogP contribution in [0.2, 0.25) is 5.02 Å². The zero-order chi connectivity index (χ0) is 28.8. The summed E-state index contributed by atoms with van der Waals surface area (Å²) in [6.07, 6.45) is 0.891. The van der Waals surface area contributed by atoms with Crippen molar-refractivity contribution in [2.75, 3.05) is 44.5 Å². The summed E-state index contributed by atoms with van der Waals surface area (Å²) in [6, 6.07) is 18.0. The SMILES string of the molecule is COc1cc(NC(=O)Cc2ccccc2C)ccc1C(=O)N1CCCC(OC(=O)CN(C)C)c2cc(Cl)ccc21.Cl. The Labute approximate surface area is 252 Å². The normalized spacial score (nSPS) is 14.4. The standard InChI is InChI=1S/C31H34ClN3O5.ClH/c1-20-8-5-6-9-21(20)16-29(36)33-23-12-13-24(28(18-23)39-4)31(38)35-15-7-10-27(40-30(37)19-34(2)3)25-17-22(32)11-14-26(25)35;/h5-6,8-9,11-14,17-18,27H,7,10,15-16,19H2,1-4H3,(H,33,36);1H. The van der Waals surface area contributed by atoms with E-state index in [0.717, 1.165) is 11.1 Å². The predicted molar refractivity (Wildman–Crippen MR) is 164 cm³/mol. The molecule has 1 heterocycles. The van der Waals surface area contributed by atoms with Crippen LogP contribution in [0.25, 0.3) is 0 Å². The van der Waals surface area contributed by atoms with E-state index in [1.165, 1.54) is 7.11 Å². The molecule has 2 amide bonds. The molecule has 3 aromatic rings. The van der Waals surface area contributed by atoms with Crippen LogP contribution in [0.15, 0.2) is 60.7 Å². The van der Waals surface area contributed by atoms with Gasteiger partial charge in [-0.1, -0.05) is 35.9 Å². The molecule has 1 unspecified atom stereocenters. The maximum Gasteiger partial charge on any atom is 0.320 e. The van der Waals surface area contributed by atoms with Crippen molar-refractivity contribution in [3.05, 3.63) is 87.9 Å². The lowest BCUT2D eigenvalue weighted by Gasteiger charge is -2.25. The number of carbonyl (C=O) groups is 3. The molecule has 8 nitrogen and oxygen atoms in total. The smallest absolute Gasteiger partial charge is 0.320 e. The van der Waals surface area contributed by atoms with Crippen LogP contribution in [0.3, 0.4) is 0 Å². The van der Waals surface area contributed by atoms with Gasteiger partial charge in [-0.25, -0.2) is 0 Å². The summed E-state index contributed by atoms with van der Waals surface area (Å²) in [5.74, 6) is -0.433. The van der Waals surface area contributed by atoms with E-state index in [0.29, 0.717) is 52.7 Å². The van der Waals surface area contributed by atoms with Crippen molar-refractivity contribution >= 4 is 53.2 Å². The second-order valence-electron chi connectivity index (χ2n) is 10.1. The van der Waals surface area contributed by atoms with Gasteiger partial charge in [0.05, 0.1) is 31.3 Å². The number of amides is 2. The van der Waals surface area contributed by atoms with Crippen molar-refractivity contribution in [3.8, 4) is 5.75 Å². The molecule has 41 heavy (non-hydrogen) atoms. The molecule has 0 radical (unpaired) electrons. The van der Waals surface area contributed by atoms with Gasteiger partial charge in [-0.3, -0.25) is 19.3 Å². The van der Waals surface area contributed by atoms with Gasteiger partial charge in [-0.05, 0) is 75.3 Å². The summed E-state index contributed by atoms with van der Waals surface area (Å²) in [5.41, 5.74) is 4.19. The van der Waals surface area contributed by atoms with Crippen LogP contribution in [0.1, 0.15) is 46.0 Å². The number of methoxy groups -OCH3 is 1. The molecule has 0 fully saturated rings. The van der Waals surface area contributed by atoms with E-state index in [9.17, 15) is 14.4 Å². The second-order valence-corrected chi connectivity index (χ2v) is 10.5. The summed E-state index contributed by atoms with van der Waals surface area (Å²) >= 11 is 6.32. The van der Waals surface area contributed by atoms with Crippen LogP contribution in [0.5, 0.6) is 5.75 Å². The zero-order valence-electron chi connectivity index (χ0n) is 23.6. The fourth-order valence-electron chi connectivity index (χ4n) is 4.80. The Kier molecular flexibility index (Phi) is 11.2. The van der Waals surface area contributed by atoms with Crippen LogP contribution < -0.4 is 15.0 Å². The molecule has 1 atom stereocenters. The molecule has 0 aliphatic carbocycles. The largest absolute Gasteiger partial charge is 0.496 e. The average molecular weight is 601 g/mol. The number of nitrogens with zero attached hydrogens (tertiary/aromatic N) is 2. The first-order valence-electron chi connectivity index (χ1n) is 13.1. The van der Waals surface area contributed by atoms with Gasteiger partial charge in [0.1, 0.15) is 11.9 Å². The summed E-state index contributed by atoms with van der Waals surface area (Å²) in [5, 5.41) is 3.39. The Morgan fingerprint density at radius 1 is 1.07 bits per heavy atom. The molecule has 0 saturated carbocycles. The number of ether oxygens (including phenoxy) is 2. The van der Waals surface area contributed by atoms with Crippen molar-refractivity contribution < 1.29 is 23.9 Å². The molecule has 218 valence electrons. The monoisotopic (exact) mass is 599 g/mol. The Hall–Kier alpha value is -3.59. The van der Waals surface area contributed by atoms with E-state index in [-0.39, 0.29) is 43.2 Å². The van der Waals surface area contributed by atoms with Gasteiger partial charge < -0.3 is 19.7 Å². The number of likely N-dealkylation sites (N-methyl/N-ethyl adjacent to an activating group) is 1. The van der Waals surface area contributed by atoms with Crippen molar-refractivity contribution in [2.45, 2.75) is 32.3 Å². The molecule has 0 saturated heterocycles. The lowest BCUT2D eigenvalue weighted by atomic mass is 10.0. The van der Waals surface area contributed by atoms with Crippen LogP contribution in [0.4, 0.5) is 11.4 Å². The van der Waals surface area contributed by atoms with E-state index < -0.39 is 6.10 Å². The maximum atomic E-state index is 13.9. The van der Waals surface area contributed by atoms with E-state index in [4.69, 9.17) is 21.1 Å². The number of carbonyl (C=O) groups excluding carboxylic acids is 3. The Balaban J connectivity index is 0.00000462. The molecular formula is C31H35Cl2N3O5. The number of aryl methyl sites for hydroxylation is 1. The van der Waals surface area contributed by atoms with E-state index in [1.54, 1.807) is 60.3 Å². The van der Waals surface area contributed by atoms with Gasteiger partial charge >= 0.3 is 5.97 Å². The van der Waals surface area contributed by atoms with Crippen molar-refractivity contribution in [2.24, 2.45) is 0 Å². The highest BCUT2D eigenvalue weighted by Gasteiger charge is 2.31. The minimum absolute atomic E-state index is 0. The summed E-state index contributed by atoms with van der Waals surface area (Å²) in [4.78, 5) is 42.4. The highest BCUT2D eigenvalue weighted by molar-refractivity contribution is 6.30. The third-order valence-corrected chi connectivity index (χ3v) is 7.00. The molecule has 10 heteroatoms. The Bertz CT molecular complexity index is 1410. The first-order chi connectivity index (χ1) is 19.2. The van der Waals surface area contributed by atoms with Crippen LogP contribution >= 0.6 is 24.0 Å². The number of hydrogen-bond acceptors (Lipinski definition) is 6. The quantitative estimate of drug-likeness (QED) is 0.327. The fourth-order valence-corrected chi connectivity index (χ4v) is 4.99. The first kappa shape index (κ1) is 31.9. The lowest BCUT2D eigenvalue weighted by Crippen LogP contribution is -2.32. The summed E-state index contributed by atoms with van der Waals surface area (Å²) < 4.78 is 11.4. The van der Waals surface area contributed by atoms with E-state index in [2.05, 4.69) is 5.32 Å². The first-order valence-corrected chi connectivity index (χ1v) is 13.5. The average Bonchev–Trinajstić information content (AvgIpc) is 3.08. The Morgan fingerprint density at radius 2 is 1.83 bits per heavy atom. The zero-order valence-corrected chi connectivity index (χ0v) is 25.2. The number of halogens is 2. The number of hydrogen-bond donors (Lipinski definition) is 1. The molecular weight excluding hydrogens is 565 g/mol. The molecule has 0 spiro atoms. The van der Waals surface area contributed by atoms with Gasteiger partial charge in [-0.2, -0.15) is 0 Å². The van der Waals surface area contributed by atoms with Gasteiger partial charge in [0.15, 0.2) is 0 Å². The van der Waals surface area contributed by atoms with Crippen molar-refractivity contribution in [1.29, 1.82) is 0 Å². The van der Waals surface area contributed by atoms with Crippen LogP contribution in [-0.2, 0) is 20.7 Å². The molecule has 0 aromatic heterocycles. The highest BCUT2D eigenvalue weighted by Crippen LogP contribution is 2.38. The van der Waals surface area contributed by atoms with Gasteiger partial charge in [0.25, 0.3) is 5.91 Å². The number of esters is 1. The molecule has 1 aliphatic rings. The van der Waals surface area contributed by atoms with Gasteiger partial charge in [0, 0.05) is 28.9 Å². The molecule has 1 aliphatic heterocycles. The minimum Gasteiger partial charge on any atom is -0.496 e. The van der Waals surface area contributed by atoms with Crippen LogP contribution in [0, 0.1) is 6.92 Å². The van der Waals surface area contributed by atoms with Gasteiger partial charge in [-0.15, -0.1) is 12.4 Å². The topological polar surface area (TPSA) is 88.2 Å². The van der Waals surface area contributed by atoms with Crippen molar-refractivity contribution in [3.63, 3.8) is 0 Å². The fraction of sp³-hybridized carbons (Fsp3) is 0.323. The number of rotatable bonds is 8. The summed E-state index contributed by atoms with van der Waals surface area (Å²) in [7, 11) is 5.09. The lowest BCUT2D eigenvalue weighted by molar-refractivity contribution is -0.150. The third-order valence-electron chi connectivity index (χ3n) is 6.77. The highest BCUT2D eigenvalue weighted by atomic mass is 35.5. The number of nitrogens with one attached hydrogen (secondary N) is 1. The minimum atomic E-state index is -0.522. The van der Waals surface area contributed by atoms with E-state index in [1.807, 2.05) is 31.2 Å². The molecule has 4 rings (SSSR count). The number of fused-ring (bicyclic) bond motifs is 1. The molecule has 1 N–H and O–H groups in total. The summed E-state index contributed by atoms with van der Waals surface area (Å²) in [6.45, 7) is 2.55. The van der Waals surface area contributed by atoms with Crippen LogP contribution in [-0.4, -0.2) is 57.0 Å². The molecule has 0 bridgehead atoms. The number of anilines is 2. The van der Waals surface area contributed by atoms with E-state index >= 15 is 0 Å². The molecule has 3 aromatic carbocycles. The maximum absolute atomic E-state index is 13.9. The second kappa shape index (κ2) is 14.3. The number of benzene rings is 3. The van der Waals surface area contributed by atoms with Crippen molar-refractivity contribution in [1.82, 2.24) is 4.90 Å². The third kappa shape index (κ3) is 8.00. The predicted octanol–water partition coefficient (Wildman–Crippen LogP) is 5.85. The van der Waals surface area contributed by atoms with Gasteiger partial charge in [0.2, 0.25) is 5.91 Å².